The predicted octanol–water partition coefficient (Wildman–Crippen LogP) is -2.19. The van der Waals surface area contributed by atoms with Crippen molar-refractivity contribution in [3.8, 4) is 12.1 Å². The monoisotopic (exact) mass is 914 g/mol. The van der Waals surface area contributed by atoms with E-state index in [1.807, 2.05) is 24.9 Å². The van der Waals surface area contributed by atoms with Crippen LogP contribution in [0.2, 0.25) is 0 Å². The quantitative estimate of drug-likeness (QED) is 0.201. The molecule has 0 amide bonds. The van der Waals surface area contributed by atoms with Gasteiger partial charge in [0.25, 0.3) is 0 Å². The Morgan fingerprint density at radius 3 is 0.833 bits per heavy atom. The summed E-state index contributed by atoms with van der Waals surface area (Å²) >= 11 is 11.5. The Kier molecular flexibility index (Phi) is 31.5. The summed E-state index contributed by atoms with van der Waals surface area (Å²) in [6.45, 7) is 18.9. The molecule has 0 saturated heterocycles. The fourth-order valence-electron chi connectivity index (χ4n) is 3.76. The molecule has 14 nitrogen and oxygen atoms in total. The average molecular weight is 917 g/mol. The normalized spacial score (nSPS) is 13.0. The Balaban J connectivity index is -0.000000588. The fourth-order valence-corrected chi connectivity index (χ4v) is 4.20. The van der Waals surface area contributed by atoms with Gasteiger partial charge in [-0.2, -0.15) is 20.3 Å². The van der Waals surface area contributed by atoms with Crippen LogP contribution in [0, 0.1) is 43.1 Å². The maximum Gasteiger partial charge on any atom is 2.00 e. The fraction of sp³-hybridized carbons (Fsp3) is 0.471. The van der Waals surface area contributed by atoms with Gasteiger partial charge in [0, 0.05) is 64.9 Å². The summed E-state index contributed by atoms with van der Waals surface area (Å²) in [5.74, 6) is 0. The maximum absolute atomic E-state index is 8.49. The van der Waals surface area contributed by atoms with Crippen molar-refractivity contribution in [2.75, 3.05) is 26.2 Å². The van der Waals surface area contributed by atoms with E-state index in [1.54, 1.807) is 12.1 Å². The molecule has 0 saturated carbocycles. The maximum atomic E-state index is 8.49. The molecule has 3 rings (SSSR count). The van der Waals surface area contributed by atoms with E-state index in [0.29, 0.717) is 26.2 Å². The van der Waals surface area contributed by atoms with Crippen LogP contribution in [-0.2, 0) is 69.1 Å². The first-order chi connectivity index (χ1) is 23.8. The van der Waals surface area contributed by atoms with Crippen LogP contribution in [0.15, 0.2) is 54.0 Å². The molecule has 0 spiro atoms. The largest absolute Gasteiger partial charge is 2.00 e. The smallest absolute Gasteiger partial charge is 0.778 e. The van der Waals surface area contributed by atoms with Crippen LogP contribution in [0.5, 0.6) is 0 Å². The molecule has 0 atom stereocenters. The number of fused-ring (bicyclic) bond motifs is 4. The number of nitriles is 2. The van der Waals surface area contributed by atoms with E-state index in [1.165, 1.54) is 25.0 Å². The van der Waals surface area contributed by atoms with Gasteiger partial charge in [0.2, 0.25) is 0 Å². The SMILES string of the molecule is CC#N.CC#N.CC(C)(C)c1cc2c([S-])c(c1)C=NCCCN=Cc1cc(C(C)(C)C)cc(c1[S-])C=NCCCN=C2.[Ni+2].[Ni+2].[O-][Cl+3]([O-])([O-])[O-].[O-][Cl+3]([O-])([O-])[O-]. The van der Waals surface area contributed by atoms with Gasteiger partial charge in [0.15, 0.2) is 0 Å². The van der Waals surface area contributed by atoms with Crippen molar-refractivity contribution >= 4 is 50.1 Å². The number of rotatable bonds is 0. The molecule has 0 aromatic heterocycles. The van der Waals surface area contributed by atoms with E-state index in [4.69, 9.17) is 73.1 Å². The Bertz CT molecular complexity index is 1400. The summed E-state index contributed by atoms with van der Waals surface area (Å²) in [6, 6.07) is 12.1. The number of halogens is 2. The van der Waals surface area contributed by atoms with Crippen molar-refractivity contribution in [3.05, 3.63) is 57.6 Å². The van der Waals surface area contributed by atoms with Gasteiger partial charge < -0.3 is 25.3 Å². The van der Waals surface area contributed by atoms with Crippen molar-refractivity contribution in [1.29, 1.82) is 10.5 Å². The van der Waals surface area contributed by atoms with Crippen LogP contribution < -0.4 is 37.3 Å². The predicted molar refractivity (Wildman–Crippen MR) is 183 cm³/mol. The van der Waals surface area contributed by atoms with Gasteiger partial charge in [-0.25, -0.2) is 37.3 Å². The minimum atomic E-state index is -4.94. The van der Waals surface area contributed by atoms with Gasteiger partial charge in [0.05, 0.1) is 12.1 Å². The second-order valence-corrected chi connectivity index (χ2v) is 14.8. The molecule has 1 heterocycles. The van der Waals surface area contributed by atoms with E-state index >= 15 is 0 Å². The first kappa shape index (κ1) is 58.5. The standard InChI is InChI=1S/C30H40N4S2.2C2H3N.2ClHO4.2Ni/c1-29(2,3)25-13-21-17-31-9-7-11-33-19-23-15-26(30(4,5)6)16-24(28(23)36)20-34-12-8-10-32-18-22(14-25)27(21)35;2*1-2-3;2*2-1(3,4)5;;/h13-20,35-36H,7-12H2,1-6H3;2*1H3;2*(H,2,3,4,5);;/q;;;;;2*+2/p-4. The summed E-state index contributed by atoms with van der Waals surface area (Å²) in [5.41, 5.74) is 6.38. The van der Waals surface area contributed by atoms with E-state index in [-0.39, 0.29) is 43.8 Å². The Morgan fingerprint density at radius 1 is 0.519 bits per heavy atom. The summed E-state index contributed by atoms with van der Waals surface area (Å²) in [6.07, 6.45) is 9.34. The topological polar surface area (TPSA) is 282 Å². The molecular weight excluding hydrogens is 873 g/mol. The van der Waals surface area contributed by atoms with Crippen molar-refractivity contribution in [2.24, 2.45) is 20.0 Å². The molecular formula is C34H44Cl2N6Ni2O8S2. The van der Waals surface area contributed by atoms with Gasteiger partial charge in [0.1, 0.15) is 0 Å². The number of nitrogens with zero attached hydrogens (tertiary/aromatic N) is 6. The van der Waals surface area contributed by atoms with Crippen LogP contribution in [0.25, 0.3) is 0 Å². The van der Waals surface area contributed by atoms with Gasteiger partial charge in [-0.15, -0.1) is 20.5 Å². The number of benzene rings is 2. The van der Waals surface area contributed by atoms with Gasteiger partial charge >= 0.3 is 33.0 Å². The Morgan fingerprint density at radius 2 is 0.685 bits per heavy atom. The zero-order chi connectivity index (χ0) is 40.8. The minimum Gasteiger partial charge on any atom is -0.778 e. The minimum absolute atomic E-state index is 0. The van der Waals surface area contributed by atoms with Crippen LogP contribution in [-0.4, -0.2) is 51.0 Å². The first-order valence-electron chi connectivity index (χ1n) is 15.4. The summed E-state index contributed by atoms with van der Waals surface area (Å²) in [5, 5.41) is 14.6. The van der Waals surface area contributed by atoms with Crippen LogP contribution in [0.3, 0.4) is 0 Å². The Hall–Kier alpha value is -2.21. The van der Waals surface area contributed by atoms with E-state index in [9.17, 15) is 0 Å². The molecule has 2 aromatic rings. The molecule has 0 fully saturated rings. The molecule has 304 valence electrons. The van der Waals surface area contributed by atoms with Crippen LogP contribution in [0.1, 0.15) is 102 Å². The first-order valence-corrected chi connectivity index (χ1v) is 18.6. The molecule has 20 heteroatoms. The molecule has 0 N–H and O–H groups in total. The van der Waals surface area contributed by atoms with Crippen molar-refractivity contribution < 1.29 is 90.7 Å². The van der Waals surface area contributed by atoms with Gasteiger partial charge in [-0.1, -0.05) is 65.8 Å². The number of hydrogen-bond acceptors (Lipinski definition) is 16. The molecule has 1 aliphatic rings. The summed E-state index contributed by atoms with van der Waals surface area (Å²) in [4.78, 5) is 20.2. The zero-order valence-corrected chi connectivity index (χ0v) is 36.1. The number of aliphatic imine (C=N–C) groups is 4. The average Bonchev–Trinajstić information content (AvgIpc) is 2.96. The van der Waals surface area contributed by atoms with Crippen LogP contribution in [0.4, 0.5) is 0 Å². The van der Waals surface area contributed by atoms with Gasteiger partial charge in [-0.3, -0.25) is 20.0 Å². The third-order valence-corrected chi connectivity index (χ3v) is 7.04. The van der Waals surface area contributed by atoms with E-state index < -0.39 is 20.5 Å². The van der Waals surface area contributed by atoms with E-state index in [0.717, 1.165) is 44.9 Å². The summed E-state index contributed by atoms with van der Waals surface area (Å²) < 4.78 is 67.9. The molecule has 0 unspecified atom stereocenters. The second kappa shape index (κ2) is 29.1. The molecule has 4 bridgehead atoms. The molecule has 2 aromatic carbocycles. The third kappa shape index (κ3) is 31.0. The van der Waals surface area contributed by atoms with Crippen molar-refractivity contribution in [1.82, 2.24) is 0 Å². The van der Waals surface area contributed by atoms with Gasteiger partial charge in [-0.05, 0) is 57.1 Å². The van der Waals surface area contributed by atoms with Crippen LogP contribution >= 0.6 is 0 Å². The van der Waals surface area contributed by atoms with Crippen molar-refractivity contribution in [2.45, 2.75) is 88.9 Å². The molecule has 0 aliphatic carbocycles. The van der Waals surface area contributed by atoms with E-state index in [2.05, 4.69) is 85.8 Å². The van der Waals surface area contributed by atoms with Crippen molar-refractivity contribution in [3.63, 3.8) is 0 Å². The number of hydrogen-bond donors (Lipinski definition) is 0. The summed E-state index contributed by atoms with van der Waals surface area (Å²) in [7, 11) is -9.89. The molecule has 0 radical (unpaired) electrons. The molecule has 54 heavy (non-hydrogen) atoms. The molecule has 1 aliphatic heterocycles. The Labute approximate surface area is 354 Å². The zero-order valence-electron chi connectivity index (χ0n) is 31.0. The second-order valence-electron chi connectivity index (χ2n) is 12.5. The third-order valence-electron chi connectivity index (χ3n) is 6.10.